The molecule has 0 amide bonds. The Morgan fingerprint density at radius 2 is 1.89 bits per heavy atom. The average molecular weight is 401 g/mol. The average Bonchev–Trinajstić information content (AvgIpc) is 2.69. The summed E-state index contributed by atoms with van der Waals surface area (Å²) >= 11 is 0. The Morgan fingerprint density at radius 1 is 1.21 bits per heavy atom. The van der Waals surface area contributed by atoms with Crippen molar-refractivity contribution in [2.24, 2.45) is 0 Å². The van der Waals surface area contributed by atoms with Crippen LogP contribution in [0.3, 0.4) is 0 Å². The molecule has 2 N–H and O–H groups in total. The molecule has 2 aromatic rings. The smallest absolute Gasteiger partial charge is 0.214 e. The molecular weight excluding hydrogens is 376 g/mol. The van der Waals surface area contributed by atoms with Gasteiger partial charge in [-0.2, -0.15) is 5.26 Å². The minimum Gasteiger partial charge on any atom is -0.383 e. The number of nitrogens with one attached hydrogen (secondary N) is 1. The van der Waals surface area contributed by atoms with Crippen molar-refractivity contribution in [1.82, 2.24) is 4.72 Å². The van der Waals surface area contributed by atoms with Crippen LogP contribution in [0.2, 0.25) is 0 Å². The summed E-state index contributed by atoms with van der Waals surface area (Å²) in [6.07, 6.45) is 0.284. The van der Waals surface area contributed by atoms with Gasteiger partial charge in [0.2, 0.25) is 10.0 Å². The number of aliphatic hydroxyl groups is 1. The van der Waals surface area contributed by atoms with Crippen LogP contribution in [0.4, 0.5) is 0 Å². The van der Waals surface area contributed by atoms with E-state index in [1.165, 1.54) is 0 Å². The highest BCUT2D eigenvalue weighted by Crippen LogP contribution is 2.34. The lowest BCUT2D eigenvalue weighted by Gasteiger charge is -2.40. The molecule has 1 heterocycles. The van der Waals surface area contributed by atoms with Crippen LogP contribution in [0.15, 0.2) is 48.5 Å². The first kappa shape index (κ1) is 20.5. The first-order valence-electron chi connectivity index (χ1n) is 9.19. The molecule has 3 rings (SSSR count). The molecule has 2 atom stereocenters. The minimum atomic E-state index is -3.56. The van der Waals surface area contributed by atoms with E-state index < -0.39 is 26.9 Å². The maximum Gasteiger partial charge on any atom is 0.214 e. The maximum atomic E-state index is 12.3. The molecule has 0 radical (unpaired) electrons. The van der Waals surface area contributed by atoms with Crippen LogP contribution in [0, 0.1) is 11.3 Å². The second-order valence-corrected chi connectivity index (χ2v) is 9.52. The molecule has 2 aromatic carbocycles. The molecule has 7 heteroatoms. The standard InChI is InChI=1S/C21H24N2O4S/c1-15(2)28(25,26)23-20-14-27-12-11-21(20,24)18-9-7-16(8-10-18)19-6-4-3-5-17(19)13-22/h3-10,15,20,23-24H,11-12,14H2,1-2H3/t20-,21+/m1/s1. The lowest BCUT2D eigenvalue weighted by atomic mass is 9.82. The summed E-state index contributed by atoms with van der Waals surface area (Å²) in [6, 6.07) is 16.0. The molecule has 1 saturated heterocycles. The lowest BCUT2D eigenvalue weighted by Crippen LogP contribution is -2.57. The van der Waals surface area contributed by atoms with Gasteiger partial charge in [-0.05, 0) is 36.6 Å². The summed E-state index contributed by atoms with van der Waals surface area (Å²) in [7, 11) is -3.56. The molecule has 1 aliphatic rings. The normalized spacial score (nSPS) is 22.8. The van der Waals surface area contributed by atoms with E-state index in [-0.39, 0.29) is 13.0 Å². The number of benzene rings is 2. The van der Waals surface area contributed by atoms with Gasteiger partial charge in [0.15, 0.2) is 0 Å². The van der Waals surface area contributed by atoms with Crippen molar-refractivity contribution >= 4 is 10.0 Å². The van der Waals surface area contributed by atoms with Crippen molar-refractivity contribution in [3.05, 3.63) is 59.7 Å². The molecular formula is C21H24N2O4S. The Hall–Kier alpha value is -2.24. The molecule has 148 valence electrons. The van der Waals surface area contributed by atoms with Crippen LogP contribution in [0.25, 0.3) is 11.1 Å². The molecule has 0 spiro atoms. The highest BCUT2D eigenvalue weighted by molar-refractivity contribution is 7.90. The Balaban J connectivity index is 1.93. The SMILES string of the molecule is CC(C)S(=O)(=O)N[C@@H]1COCC[C@]1(O)c1ccc(-c2ccccc2C#N)cc1. The molecule has 0 unspecified atom stereocenters. The molecule has 1 aliphatic heterocycles. The first-order chi connectivity index (χ1) is 13.3. The van der Waals surface area contributed by atoms with Gasteiger partial charge in [0.05, 0.1) is 29.5 Å². The van der Waals surface area contributed by atoms with Crippen LogP contribution in [0.1, 0.15) is 31.4 Å². The van der Waals surface area contributed by atoms with Gasteiger partial charge >= 0.3 is 0 Å². The highest BCUT2D eigenvalue weighted by Gasteiger charge is 2.43. The van der Waals surface area contributed by atoms with Gasteiger partial charge in [0.1, 0.15) is 5.60 Å². The third-order valence-electron chi connectivity index (χ3n) is 5.16. The van der Waals surface area contributed by atoms with E-state index in [2.05, 4.69) is 10.8 Å². The lowest BCUT2D eigenvalue weighted by molar-refractivity contribution is -0.0898. The molecule has 6 nitrogen and oxygen atoms in total. The van der Waals surface area contributed by atoms with Crippen molar-refractivity contribution < 1.29 is 18.3 Å². The van der Waals surface area contributed by atoms with Crippen molar-refractivity contribution in [1.29, 1.82) is 5.26 Å². The quantitative estimate of drug-likeness (QED) is 0.803. The van der Waals surface area contributed by atoms with Gasteiger partial charge in [0, 0.05) is 13.0 Å². The fourth-order valence-corrected chi connectivity index (χ4v) is 4.25. The maximum absolute atomic E-state index is 12.3. The van der Waals surface area contributed by atoms with Gasteiger partial charge < -0.3 is 9.84 Å². The largest absolute Gasteiger partial charge is 0.383 e. The second kappa shape index (κ2) is 8.02. The first-order valence-corrected chi connectivity index (χ1v) is 10.7. The molecule has 0 aliphatic carbocycles. The Labute approximate surface area is 165 Å². The number of nitriles is 1. The van der Waals surface area contributed by atoms with Crippen molar-refractivity contribution in [2.45, 2.75) is 37.2 Å². The zero-order chi connectivity index (χ0) is 20.4. The minimum absolute atomic E-state index is 0.0987. The number of rotatable bonds is 5. The van der Waals surface area contributed by atoms with Crippen molar-refractivity contribution in [2.75, 3.05) is 13.2 Å². The summed E-state index contributed by atoms with van der Waals surface area (Å²) in [5, 5.41) is 20.0. The molecule has 28 heavy (non-hydrogen) atoms. The van der Waals surface area contributed by atoms with Crippen molar-refractivity contribution in [3.8, 4) is 17.2 Å². The van der Waals surface area contributed by atoms with Gasteiger partial charge in [-0.25, -0.2) is 13.1 Å². The van der Waals surface area contributed by atoms with Crippen molar-refractivity contribution in [3.63, 3.8) is 0 Å². The predicted molar refractivity (Wildman–Crippen MR) is 107 cm³/mol. The highest BCUT2D eigenvalue weighted by atomic mass is 32.2. The summed E-state index contributed by atoms with van der Waals surface area (Å²) in [4.78, 5) is 0. The number of hydrogen-bond acceptors (Lipinski definition) is 5. The topological polar surface area (TPSA) is 99.4 Å². The van der Waals surface area contributed by atoms with Crippen LogP contribution >= 0.6 is 0 Å². The molecule has 0 bridgehead atoms. The Bertz CT molecular complexity index is 980. The third-order valence-corrected chi connectivity index (χ3v) is 7.01. The van der Waals surface area contributed by atoms with Crippen LogP contribution in [-0.4, -0.2) is 38.0 Å². The zero-order valence-electron chi connectivity index (χ0n) is 15.9. The van der Waals surface area contributed by atoms with E-state index in [9.17, 15) is 18.8 Å². The molecule has 0 aromatic heterocycles. The van der Waals surface area contributed by atoms with E-state index in [0.717, 1.165) is 11.1 Å². The summed E-state index contributed by atoms with van der Waals surface area (Å²) in [5.74, 6) is 0. The molecule has 0 saturated carbocycles. The third kappa shape index (κ3) is 3.96. The summed E-state index contributed by atoms with van der Waals surface area (Å²) in [5.41, 5.74) is 1.49. The van der Waals surface area contributed by atoms with Gasteiger partial charge in [-0.1, -0.05) is 42.5 Å². The number of ether oxygens (including phenoxy) is 1. The van der Waals surface area contributed by atoms with E-state index in [1.54, 1.807) is 32.0 Å². The van der Waals surface area contributed by atoms with Crippen LogP contribution in [0.5, 0.6) is 0 Å². The van der Waals surface area contributed by atoms with E-state index in [1.807, 2.05) is 30.3 Å². The zero-order valence-corrected chi connectivity index (χ0v) is 16.7. The van der Waals surface area contributed by atoms with E-state index in [4.69, 9.17) is 4.74 Å². The monoisotopic (exact) mass is 400 g/mol. The van der Waals surface area contributed by atoms with Crippen LogP contribution in [-0.2, 0) is 20.4 Å². The fourth-order valence-electron chi connectivity index (χ4n) is 3.32. The Kier molecular flexibility index (Phi) is 5.87. The number of sulfonamides is 1. The second-order valence-electron chi connectivity index (χ2n) is 7.25. The molecule has 1 fully saturated rings. The van der Waals surface area contributed by atoms with Gasteiger partial charge in [0.25, 0.3) is 0 Å². The van der Waals surface area contributed by atoms with Crippen LogP contribution < -0.4 is 4.72 Å². The van der Waals surface area contributed by atoms with E-state index in [0.29, 0.717) is 17.7 Å². The van der Waals surface area contributed by atoms with Gasteiger partial charge in [-0.15, -0.1) is 0 Å². The Morgan fingerprint density at radius 3 is 2.54 bits per heavy atom. The fraction of sp³-hybridized carbons (Fsp3) is 0.381. The van der Waals surface area contributed by atoms with Gasteiger partial charge in [-0.3, -0.25) is 0 Å². The predicted octanol–water partition coefficient (Wildman–Crippen LogP) is 2.53. The summed E-state index contributed by atoms with van der Waals surface area (Å²) in [6.45, 7) is 3.62. The summed E-state index contributed by atoms with van der Waals surface area (Å²) < 4.78 is 32.7. The van der Waals surface area contributed by atoms with E-state index >= 15 is 0 Å². The number of nitrogens with zero attached hydrogens (tertiary/aromatic N) is 1. The number of hydrogen-bond donors (Lipinski definition) is 2.